The van der Waals surface area contributed by atoms with Crippen LogP contribution in [0.5, 0.6) is 0 Å². The van der Waals surface area contributed by atoms with Crippen molar-refractivity contribution < 1.29 is 13.9 Å². The van der Waals surface area contributed by atoms with E-state index < -0.39 is 0 Å². The van der Waals surface area contributed by atoms with Gasteiger partial charge >= 0.3 is 0 Å². The second kappa shape index (κ2) is 6.18. The predicted molar refractivity (Wildman–Crippen MR) is 70.4 cm³/mol. The number of carbonyl (C=O) groups is 1. The Labute approximate surface area is 112 Å². The molecular weight excluding hydrogens is 246 g/mol. The Morgan fingerprint density at radius 3 is 3.16 bits per heavy atom. The van der Waals surface area contributed by atoms with Crippen molar-refractivity contribution in [3.05, 3.63) is 23.2 Å². The summed E-state index contributed by atoms with van der Waals surface area (Å²) in [6, 6.07) is 1.76. The lowest BCUT2D eigenvalue weighted by Crippen LogP contribution is -2.38. The fourth-order valence-corrected chi connectivity index (χ4v) is 2.49. The Hall–Kier alpha value is -1.37. The number of likely N-dealkylation sites (tertiary alicyclic amines) is 1. The Bertz CT molecular complexity index is 444. The minimum Gasteiger partial charge on any atom is -0.464 e. The normalized spacial score (nSPS) is 20.5. The van der Waals surface area contributed by atoms with E-state index in [2.05, 4.69) is 10.3 Å². The van der Waals surface area contributed by atoms with Crippen LogP contribution in [0.3, 0.4) is 0 Å². The third-order valence-corrected chi connectivity index (χ3v) is 3.52. The average molecular weight is 267 g/mol. The van der Waals surface area contributed by atoms with Crippen molar-refractivity contribution >= 4 is 5.91 Å². The van der Waals surface area contributed by atoms with E-state index in [1.165, 1.54) is 0 Å². The molecule has 1 atom stereocenters. The van der Waals surface area contributed by atoms with E-state index in [-0.39, 0.29) is 12.0 Å². The second-order valence-electron chi connectivity index (χ2n) is 4.89. The second-order valence-corrected chi connectivity index (χ2v) is 4.89. The fourth-order valence-electron chi connectivity index (χ4n) is 2.49. The number of hydrogen-bond acceptors (Lipinski definition) is 5. The molecule has 0 aromatic carbocycles. The molecule has 0 bridgehead atoms. The number of hydrogen-bond donors (Lipinski definition) is 2. The monoisotopic (exact) mass is 267 g/mol. The number of furan rings is 1. The summed E-state index contributed by atoms with van der Waals surface area (Å²) in [5.41, 5.74) is 2.62. The number of nitrogens with zero attached hydrogens (tertiary/aromatic N) is 1. The molecule has 1 aliphatic heterocycles. The van der Waals surface area contributed by atoms with E-state index in [1.807, 2.05) is 0 Å². The van der Waals surface area contributed by atoms with Gasteiger partial charge in [0, 0.05) is 13.7 Å². The van der Waals surface area contributed by atoms with Crippen LogP contribution in [0.4, 0.5) is 0 Å². The molecule has 1 fully saturated rings. The molecule has 1 saturated heterocycles. The van der Waals surface area contributed by atoms with Gasteiger partial charge in [-0.1, -0.05) is 0 Å². The van der Waals surface area contributed by atoms with Crippen LogP contribution in [0.25, 0.3) is 0 Å². The van der Waals surface area contributed by atoms with Gasteiger partial charge in [-0.15, -0.1) is 0 Å². The summed E-state index contributed by atoms with van der Waals surface area (Å²) >= 11 is 0. The van der Waals surface area contributed by atoms with Crippen molar-refractivity contribution in [2.75, 3.05) is 20.2 Å². The highest BCUT2D eigenvalue weighted by Crippen LogP contribution is 2.19. The first-order valence-electron chi connectivity index (χ1n) is 6.49. The number of nitrogen functional groups attached to an aromatic ring is 1. The van der Waals surface area contributed by atoms with Gasteiger partial charge in [-0.2, -0.15) is 0 Å². The van der Waals surface area contributed by atoms with Crippen LogP contribution in [-0.4, -0.2) is 37.1 Å². The molecule has 0 radical (unpaired) electrons. The summed E-state index contributed by atoms with van der Waals surface area (Å²) in [5.74, 6) is 6.20. The first kappa shape index (κ1) is 14.0. The minimum atomic E-state index is -0.319. The molecule has 19 heavy (non-hydrogen) atoms. The van der Waals surface area contributed by atoms with Gasteiger partial charge in [-0.05, 0) is 32.4 Å². The standard InChI is InChI=1S/C13H21N3O3/c1-9-12(13(17)15-14)6-11(19-9)8-16-5-3-4-10(7-16)18-2/h6,10H,3-5,7-8,14H2,1-2H3,(H,15,17). The van der Waals surface area contributed by atoms with Crippen molar-refractivity contribution in [1.29, 1.82) is 0 Å². The zero-order valence-corrected chi connectivity index (χ0v) is 11.4. The van der Waals surface area contributed by atoms with Crippen LogP contribution in [0.15, 0.2) is 10.5 Å². The maximum absolute atomic E-state index is 11.5. The smallest absolute Gasteiger partial charge is 0.268 e. The van der Waals surface area contributed by atoms with Crippen LogP contribution in [0, 0.1) is 6.92 Å². The molecule has 0 spiro atoms. The molecule has 1 aliphatic rings. The quantitative estimate of drug-likeness (QED) is 0.479. The number of carbonyl (C=O) groups excluding carboxylic acids is 1. The predicted octanol–water partition coefficient (Wildman–Crippen LogP) is 0.802. The summed E-state index contributed by atoms with van der Waals surface area (Å²) < 4.78 is 11.0. The maximum atomic E-state index is 11.5. The Balaban J connectivity index is 2.01. The van der Waals surface area contributed by atoms with Crippen molar-refractivity contribution in [1.82, 2.24) is 10.3 Å². The number of rotatable bonds is 4. The number of methoxy groups -OCH3 is 1. The lowest BCUT2D eigenvalue weighted by Gasteiger charge is -2.31. The highest BCUT2D eigenvalue weighted by atomic mass is 16.5. The van der Waals surface area contributed by atoms with Gasteiger partial charge in [0.15, 0.2) is 0 Å². The highest BCUT2D eigenvalue weighted by molar-refractivity contribution is 5.94. The number of nitrogens with two attached hydrogens (primary N) is 1. The van der Waals surface area contributed by atoms with Gasteiger partial charge in [-0.25, -0.2) is 5.84 Å². The lowest BCUT2D eigenvalue weighted by atomic mass is 10.1. The molecule has 1 aromatic heterocycles. The van der Waals surface area contributed by atoms with Crippen LogP contribution < -0.4 is 11.3 Å². The highest BCUT2D eigenvalue weighted by Gasteiger charge is 2.21. The Kier molecular flexibility index (Phi) is 4.57. The molecule has 0 aliphatic carbocycles. The molecule has 106 valence electrons. The Morgan fingerprint density at radius 2 is 2.47 bits per heavy atom. The molecule has 6 heteroatoms. The van der Waals surface area contributed by atoms with Crippen molar-refractivity contribution in [2.24, 2.45) is 5.84 Å². The largest absolute Gasteiger partial charge is 0.464 e. The van der Waals surface area contributed by atoms with Gasteiger partial charge in [-0.3, -0.25) is 15.1 Å². The van der Waals surface area contributed by atoms with E-state index >= 15 is 0 Å². The summed E-state index contributed by atoms with van der Waals surface area (Å²) in [6.07, 6.45) is 2.51. The van der Waals surface area contributed by atoms with Crippen LogP contribution in [0.1, 0.15) is 34.7 Å². The molecule has 0 saturated carbocycles. The van der Waals surface area contributed by atoms with Crippen LogP contribution >= 0.6 is 0 Å². The summed E-state index contributed by atoms with van der Waals surface area (Å²) in [5, 5.41) is 0. The van der Waals surface area contributed by atoms with Crippen LogP contribution in [0.2, 0.25) is 0 Å². The molecule has 1 aromatic rings. The topological polar surface area (TPSA) is 80.7 Å². The van der Waals surface area contributed by atoms with Crippen LogP contribution in [-0.2, 0) is 11.3 Å². The number of ether oxygens (including phenoxy) is 1. The van der Waals surface area contributed by atoms with Gasteiger partial charge in [0.2, 0.25) is 0 Å². The zero-order valence-electron chi connectivity index (χ0n) is 11.4. The van der Waals surface area contributed by atoms with E-state index in [4.69, 9.17) is 15.0 Å². The number of aryl methyl sites for hydroxylation is 1. The van der Waals surface area contributed by atoms with Gasteiger partial charge < -0.3 is 9.15 Å². The summed E-state index contributed by atoms with van der Waals surface area (Å²) in [6.45, 7) is 4.38. The zero-order chi connectivity index (χ0) is 13.8. The van der Waals surface area contributed by atoms with Crippen molar-refractivity contribution in [3.63, 3.8) is 0 Å². The van der Waals surface area contributed by atoms with E-state index in [0.717, 1.165) is 31.7 Å². The first-order chi connectivity index (χ1) is 9.13. The van der Waals surface area contributed by atoms with Gasteiger partial charge in [0.05, 0.1) is 18.2 Å². The average Bonchev–Trinajstić information content (AvgIpc) is 2.79. The lowest BCUT2D eigenvalue weighted by molar-refractivity contribution is 0.0263. The molecule has 1 unspecified atom stereocenters. The summed E-state index contributed by atoms with van der Waals surface area (Å²) in [4.78, 5) is 13.8. The number of piperidine rings is 1. The SMILES string of the molecule is COC1CCCN(Cc2cc(C(=O)NN)c(C)o2)C1. The fraction of sp³-hybridized carbons (Fsp3) is 0.615. The molecule has 2 heterocycles. The molecular formula is C13H21N3O3. The van der Waals surface area contributed by atoms with Crippen molar-refractivity contribution in [2.45, 2.75) is 32.4 Å². The van der Waals surface area contributed by atoms with Gasteiger partial charge in [0.1, 0.15) is 11.5 Å². The summed E-state index contributed by atoms with van der Waals surface area (Å²) in [7, 11) is 1.74. The molecule has 2 rings (SSSR count). The van der Waals surface area contributed by atoms with E-state index in [0.29, 0.717) is 17.9 Å². The third kappa shape index (κ3) is 3.34. The first-order valence-corrected chi connectivity index (χ1v) is 6.49. The number of nitrogens with one attached hydrogen (secondary N) is 1. The molecule has 1 amide bonds. The van der Waals surface area contributed by atoms with E-state index in [1.54, 1.807) is 20.1 Å². The molecule has 6 nitrogen and oxygen atoms in total. The Morgan fingerprint density at radius 1 is 1.68 bits per heavy atom. The third-order valence-electron chi connectivity index (χ3n) is 3.52. The minimum absolute atomic E-state index is 0.289. The van der Waals surface area contributed by atoms with E-state index in [9.17, 15) is 4.79 Å². The number of amides is 1. The number of hydrazine groups is 1. The van der Waals surface area contributed by atoms with Gasteiger partial charge in [0.25, 0.3) is 5.91 Å². The van der Waals surface area contributed by atoms with Crippen molar-refractivity contribution in [3.8, 4) is 0 Å². The maximum Gasteiger partial charge on any atom is 0.268 e. The molecule has 3 N–H and O–H groups in total.